The van der Waals surface area contributed by atoms with Gasteiger partial charge in [0.05, 0.1) is 9.79 Å². The average molecular weight is 604 g/mol. The lowest BCUT2D eigenvalue weighted by molar-refractivity contribution is 0.599. The number of halogens is 4. The molecule has 0 heterocycles. The van der Waals surface area contributed by atoms with Crippen LogP contribution in [0, 0.1) is 0 Å². The molecule has 0 bridgehead atoms. The SMILES string of the molecule is O=S(=O)(Nc1ccc(Cl)cc1)c1ccc(Cl)cc1.O=S(=O)(Nc1ccc(Cl)cc1)c1cccc(Cl)c1. The van der Waals surface area contributed by atoms with Gasteiger partial charge < -0.3 is 0 Å². The van der Waals surface area contributed by atoms with Crippen LogP contribution in [0.4, 0.5) is 11.4 Å². The number of anilines is 2. The zero-order valence-corrected chi connectivity index (χ0v) is 22.9. The van der Waals surface area contributed by atoms with Crippen LogP contribution < -0.4 is 9.44 Å². The number of sulfonamides is 2. The predicted octanol–water partition coefficient (Wildman–Crippen LogP) is 7.59. The summed E-state index contributed by atoms with van der Waals surface area (Å²) in [6, 6.07) is 24.8. The smallest absolute Gasteiger partial charge is 0.261 e. The summed E-state index contributed by atoms with van der Waals surface area (Å²) in [7, 11) is -7.22. The number of hydrogen-bond acceptors (Lipinski definition) is 4. The van der Waals surface area contributed by atoms with Crippen molar-refractivity contribution in [3.05, 3.63) is 117 Å². The summed E-state index contributed by atoms with van der Waals surface area (Å²) in [4.78, 5) is 0.270. The molecule has 0 amide bonds. The fourth-order valence-corrected chi connectivity index (χ4v) is 5.51. The van der Waals surface area contributed by atoms with Gasteiger partial charge in [0.15, 0.2) is 0 Å². The first-order valence-corrected chi connectivity index (χ1v) is 14.5. The second kappa shape index (κ2) is 12.2. The van der Waals surface area contributed by atoms with Gasteiger partial charge in [-0.2, -0.15) is 0 Å². The Balaban J connectivity index is 0.000000201. The first-order chi connectivity index (χ1) is 16.9. The van der Waals surface area contributed by atoms with Crippen molar-refractivity contribution in [2.45, 2.75) is 9.79 Å². The van der Waals surface area contributed by atoms with Crippen molar-refractivity contribution >= 4 is 77.8 Å². The molecule has 2 N–H and O–H groups in total. The zero-order chi connectivity index (χ0) is 26.3. The van der Waals surface area contributed by atoms with E-state index in [2.05, 4.69) is 9.44 Å². The molecule has 0 saturated carbocycles. The minimum atomic E-state index is -3.63. The Morgan fingerprint density at radius 2 is 0.833 bits per heavy atom. The van der Waals surface area contributed by atoms with E-state index < -0.39 is 20.0 Å². The van der Waals surface area contributed by atoms with Crippen LogP contribution in [0.15, 0.2) is 107 Å². The monoisotopic (exact) mass is 602 g/mol. The van der Waals surface area contributed by atoms with E-state index in [0.717, 1.165) is 0 Å². The van der Waals surface area contributed by atoms with E-state index in [9.17, 15) is 16.8 Å². The van der Waals surface area contributed by atoms with E-state index in [0.29, 0.717) is 31.5 Å². The van der Waals surface area contributed by atoms with Gasteiger partial charge in [-0.05, 0) is 91.0 Å². The van der Waals surface area contributed by atoms with Gasteiger partial charge in [0.2, 0.25) is 0 Å². The highest BCUT2D eigenvalue weighted by molar-refractivity contribution is 7.93. The van der Waals surface area contributed by atoms with E-state index in [1.54, 1.807) is 60.7 Å². The van der Waals surface area contributed by atoms with E-state index in [1.165, 1.54) is 36.4 Å². The van der Waals surface area contributed by atoms with Crippen LogP contribution in [-0.2, 0) is 20.0 Å². The molecular formula is C24H18Cl4N2O4S2. The summed E-state index contributed by atoms with van der Waals surface area (Å²) in [6.45, 7) is 0. The third kappa shape index (κ3) is 8.30. The molecule has 188 valence electrons. The van der Waals surface area contributed by atoms with Crippen molar-refractivity contribution in [3.63, 3.8) is 0 Å². The molecule has 0 aliphatic heterocycles. The molecule has 6 nitrogen and oxygen atoms in total. The molecule has 0 aromatic heterocycles. The maximum atomic E-state index is 12.0. The lowest BCUT2D eigenvalue weighted by Crippen LogP contribution is -2.12. The third-order valence-electron chi connectivity index (χ3n) is 4.42. The maximum absolute atomic E-state index is 12.0. The summed E-state index contributed by atoms with van der Waals surface area (Å²) in [5.74, 6) is 0. The van der Waals surface area contributed by atoms with Crippen molar-refractivity contribution < 1.29 is 16.8 Å². The number of hydrogen-bond donors (Lipinski definition) is 2. The van der Waals surface area contributed by atoms with E-state index in [4.69, 9.17) is 46.4 Å². The summed E-state index contributed by atoms with van der Waals surface area (Å²) in [5.41, 5.74) is 0.897. The first kappa shape index (κ1) is 28.1. The molecule has 0 radical (unpaired) electrons. The molecule has 0 aliphatic carbocycles. The number of rotatable bonds is 6. The van der Waals surface area contributed by atoms with Crippen LogP contribution in [0.25, 0.3) is 0 Å². The normalized spacial score (nSPS) is 11.2. The van der Waals surface area contributed by atoms with Crippen LogP contribution in [-0.4, -0.2) is 16.8 Å². The minimum absolute atomic E-state index is 0.116. The van der Waals surface area contributed by atoms with Gasteiger partial charge in [-0.3, -0.25) is 9.44 Å². The van der Waals surface area contributed by atoms with Crippen LogP contribution in [0.5, 0.6) is 0 Å². The van der Waals surface area contributed by atoms with Crippen molar-refractivity contribution in [1.82, 2.24) is 0 Å². The Morgan fingerprint density at radius 1 is 0.444 bits per heavy atom. The molecule has 0 spiro atoms. The van der Waals surface area contributed by atoms with Gasteiger partial charge in [0, 0.05) is 31.5 Å². The van der Waals surface area contributed by atoms with Crippen molar-refractivity contribution in [2.75, 3.05) is 9.44 Å². The Hall–Kier alpha value is -2.46. The quantitative estimate of drug-likeness (QED) is 0.237. The zero-order valence-electron chi connectivity index (χ0n) is 18.2. The lowest BCUT2D eigenvalue weighted by atomic mass is 10.3. The fourth-order valence-electron chi connectivity index (χ4n) is 2.71. The molecular weight excluding hydrogens is 586 g/mol. The Kier molecular flexibility index (Phi) is 9.52. The van der Waals surface area contributed by atoms with E-state index in [1.807, 2.05) is 0 Å². The number of benzene rings is 4. The van der Waals surface area contributed by atoms with Crippen LogP contribution in [0.1, 0.15) is 0 Å². The molecule has 0 fully saturated rings. The van der Waals surface area contributed by atoms with Crippen molar-refractivity contribution in [2.24, 2.45) is 0 Å². The summed E-state index contributed by atoms with van der Waals surface area (Å²) >= 11 is 22.9. The van der Waals surface area contributed by atoms with Gasteiger partial charge in [-0.25, -0.2) is 16.8 Å². The average Bonchev–Trinajstić information content (AvgIpc) is 2.83. The molecule has 4 rings (SSSR count). The van der Waals surface area contributed by atoms with Crippen LogP contribution in [0.3, 0.4) is 0 Å². The number of nitrogens with one attached hydrogen (secondary N) is 2. The van der Waals surface area contributed by atoms with Crippen molar-refractivity contribution in [1.29, 1.82) is 0 Å². The van der Waals surface area contributed by atoms with Crippen molar-refractivity contribution in [3.8, 4) is 0 Å². The topological polar surface area (TPSA) is 92.3 Å². The second-order valence-corrected chi connectivity index (χ2v) is 12.2. The Morgan fingerprint density at radius 3 is 1.25 bits per heavy atom. The second-order valence-electron chi connectivity index (χ2n) is 7.14. The summed E-state index contributed by atoms with van der Waals surface area (Å²) in [5, 5.41) is 1.94. The molecule has 0 saturated heterocycles. The van der Waals surface area contributed by atoms with E-state index in [-0.39, 0.29) is 9.79 Å². The molecule has 4 aromatic carbocycles. The fraction of sp³-hybridized carbons (Fsp3) is 0. The highest BCUT2D eigenvalue weighted by Gasteiger charge is 2.15. The van der Waals surface area contributed by atoms with Crippen LogP contribution in [0.2, 0.25) is 20.1 Å². The standard InChI is InChI=1S/2C12H9Cl2NO2S/c13-9-1-5-11(6-2-9)15-18(16,17)12-7-3-10(14)4-8-12;13-9-4-6-11(7-5-9)15-18(16,17)12-3-1-2-10(14)8-12/h2*1-8,15H. The Bertz CT molecular complexity index is 1530. The highest BCUT2D eigenvalue weighted by Crippen LogP contribution is 2.21. The van der Waals surface area contributed by atoms with Gasteiger partial charge >= 0.3 is 0 Å². The Labute approximate surface area is 229 Å². The van der Waals surface area contributed by atoms with E-state index >= 15 is 0 Å². The molecule has 36 heavy (non-hydrogen) atoms. The maximum Gasteiger partial charge on any atom is 0.261 e. The van der Waals surface area contributed by atoms with Gasteiger partial charge in [0.25, 0.3) is 20.0 Å². The van der Waals surface area contributed by atoms with Crippen LogP contribution >= 0.6 is 46.4 Å². The first-order valence-electron chi connectivity index (χ1n) is 10.0. The summed E-state index contributed by atoms with van der Waals surface area (Å²) in [6.07, 6.45) is 0. The predicted molar refractivity (Wildman–Crippen MR) is 147 cm³/mol. The summed E-state index contributed by atoms with van der Waals surface area (Å²) < 4.78 is 53.0. The highest BCUT2D eigenvalue weighted by atomic mass is 35.5. The molecule has 0 atom stereocenters. The minimum Gasteiger partial charge on any atom is -0.280 e. The largest absolute Gasteiger partial charge is 0.280 e. The molecule has 0 aliphatic rings. The molecule has 0 unspecified atom stereocenters. The lowest BCUT2D eigenvalue weighted by Gasteiger charge is -2.08. The van der Waals surface area contributed by atoms with Gasteiger partial charge in [0.1, 0.15) is 0 Å². The molecule has 4 aromatic rings. The van der Waals surface area contributed by atoms with Gasteiger partial charge in [-0.1, -0.05) is 52.5 Å². The third-order valence-corrected chi connectivity index (χ3v) is 8.19. The van der Waals surface area contributed by atoms with Gasteiger partial charge in [-0.15, -0.1) is 0 Å². The molecule has 12 heteroatoms.